The van der Waals surface area contributed by atoms with Crippen molar-refractivity contribution in [1.82, 2.24) is 0 Å². The first-order valence-corrected chi connectivity index (χ1v) is 12.1. The topological polar surface area (TPSA) is 112 Å². The van der Waals surface area contributed by atoms with Gasteiger partial charge in [0.05, 0.1) is 57.1 Å². The van der Waals surface area contributed by atoms with Crippen molar-refractivity contribution in [3.05, 3.63) is 87.9 Å². The SMILES string of the molecule is COC(=O)Cc1ccc(N2C(=O)C(=O)/C(=C(/O)c3cc(OC)c(Cl)cc3OC)C2c2ccc(OC)cc2)cc1. The molecule has 1 aliphatic heterocycles. The van der Waals surface area contributed by atoms with Gasteiger partial charge in [0, 0.05) is 11.8 Å². The summed E-state index contributed by atoms with van der Waals surface area (Å²) in [5, 5.41) is 11.8. The smallest absolute Gasteiger partial charge is 0.309 e. The molecule has 3 aromatic rings. The van der Waals surface area contributed by atoms with E-state index >= 15 is 0 Å². The van der Waals surface area contributed by atoms with E-state index in [4.69, 9.17) is 30.5 Å². The molecule has 0 spiro atoms. The maximum atomic E-state index is 13.5. The number of ketones is 1. The molecule has 1 aliphatic rings. The first kappa shape index (κ1) is 27.5. The van der Waals surface area contributed by atoms with Crippen molar-refractivity contribution in [2.24, 2.45) is 0 Å². The second kappa shape index (κ2) is 11.5. The van der Waals surface area contributed by atoms with E-state index in [2.05, 4.69) is 0 Å². The van der Waals surface area contributed by atoms with Crippen LogP contribution in [0.5, 0.6) is 17.2 Å². The standard InChI is InChI=1S/C29H26ClNO8/c1-36-19-11-7-17(8-12-19)26-25(27(33)20-14-23(38-3)21(30)15-22(20)37-2)28(34)29(35)31(26)18-9-5-16(6-10-18)13-24(32)39-4/h5-12,14-15,26,33H,13H2,1-4H3/b27-25+. The predicted molar refractivity (Wildman–Crippen MR) is 144 cm³/mol. The molecule has 1 saturated heterocycles. The number of benzene rings is 3. The monoisotopic (exact) mass is 551 g/mol. The van der Waals surface area contributed by atoms with Gasteiger partial charge < -0.3 is 24.1 Å². The van der Waals surface area contributed by atoms with E-state index in [1.807, 2.05) is 0 Å². The Morgan fingerprint density at radius 1 is 0.897 bits per heavy atom. The molecule has 1 fully saturated rings. The van der Waals surface area contributed by atoms with Crippen molar-refractivity contribution in [3.63, 3.8) is 0 Å². The molecule has 0 aliphatic carbocycles. The highest BCUT2D eigenvalue weighted by Crippen LogP contribution is 2.45. The number of halogens is 1. The number of carbonyl (C=O) groups is 3. The predicted octanol–water partition coefficient (Wildman–Crippen LogP) is 4.71. The minimum absolute atomic E-state index is 0.0513. The number of ether oxygens (including phenoxy) is 4. The molecule has 1 N–H and O–H groups in total. The van der Waals surface area contributed by atoms with E-state index in [9.17, 15) is 19.5 Å². The number of anilines is 1. The van der Waals surface area contributed by atoms with E-state index in [-0.39, 0.29) is 34.1 Å². The molecule has 1 unspecified atom stereocenters. The molecule has 0 radical (unpaired) electrons. The third-order valence-corrected chi connectivity index (χ3v) is 6.69. The highest BCUT2D eigenvalue weighted by Gasteiger charge is 2.47. The molecule has 3 aromatic carbocycles. The maximum absolute atomic E-state index is 13.5. The van der Waals surface area contributed by atoms with Crippen LogP contribution in [0.2, 0.25) is 5.02 Å². The molecule has 39 heavy (non-hydrogen) atoms. The number of hydrogen-bond donors (Lipinski definition) is 1. The Hall–Kier alpha value is -4.50. The molecule has 202 valence electrons. The van der Waals surface area contributed by atoms with Gasteiger partial charge in [-0.25, -0.2) is 0 Å². The van der Waals surface area contributed by atoms with Crippen molar-refractivity contribution >= 4 is 40.7 Å². The van der Waals surface area contributed by atoms with Crippen LogP contribution in [-0.2, 0) is 25.5 Å². The van der Waals surface area contributed by atoms with Gasteiger partial charge in [-0.3, -0.25) is 19.3 Å². The van der Waals surface area contributed by atoms with Gasteiger partial charge in [0.1, 0.15) is 23.0 Å². The summed E-state index contributed by atoms with van der Waals surface area (Å²) < 4.78 is 20.7. The number of amides is 1. The molecule has 0 saturated carbocycles. The summed E-state index contributed by atoms with van der Waals surface area (Å²) in [5.74, 6) is -1.58. The van der Waals surface area contributed by atoms with Gasteiger partial charge >= 0.3 is 5.97 Å². The Balaban J connectivity index is 1.91. The van der Waals surface area contributed by atoms with Crippen molar-refractivity contribution in [2.75, 3.05) is 33.3 Å². The molecule has 0 bridgehead atoms. The third kappa shape index (κ3) is 5.26. The average molecular weight is 552 g/mol. The van der Waals surface area contributed by atoms with Crippen LogP contribution in [0, 0.1) is 0 Å². The summed E-state index contributed by atoms with van der Waals surface area (Å²) in [6.45, 7) is 0. The molecule has 1 atom stereocenters. The van der Waals surface area contributed by atoms with E-state index in [1.54, 1.807) is 48.5 Å². The van der Waals surface area contributed by atoms with E-state index in [1.165, 1.54) is 45.5 Å². The molecular formula is C29H26ClNO8. The van der Waals surface area contributed by atoms with Crippen molar-refractivity contribution in [1.29, 1.82) is 0 Å². The normalized spacial score (nSPS) is 16.2. The van der Waals surface area contributed by atoms with Gasteiger partial charge in [-0.05, 0) is 41.5 Å². The van der Waals surface area contributed by atoms with Crippen LogP contribution in [-0.4, -0.2) is 51.2 Å². The Morgan fingerprint density at radius 2 is 1.54 bits per heavy atom. The highest BCUT2D eigenvalue weighted by atomic mass is 35.5. The Morgan fingerprint density at radius 3 is 2.10 bits per heavy atom. The van der Waals surface area contributed by atoms with Crippen LogP contribution in [0.4, 0.5) is 5.69 Å². The molecule has 1 heterocycles. The lowest BCUT2D eigenvalue weighted by atomic mass is 9.94. The van der Waals surface area contributed by atoms with E-state index in [0.717, 1.165) is 0 Å². The van der Waals surface area contributed by atoms with Gasteiger partial charge in [-0.2, -0.15) is 0 Å². The van der Waals surface area contributed by atoms with Gasteiger partial charge in [0.25, 0.3) is 11.7 Å². The minimum atomic E-state index is -0.992. The fourth-order valence-electron chi connectivity index (χ4n) is 4.40. The lowest BCUT2D eigenvalue weighted by Gasteiger charge is -2.26. The number of rotatable bonds is 8. The second-order valence-electron chi connectivity index (χ2n) is 8.55. The summed E-state index contributed by atoms with van der Waals surface area (Å²) in [6.07, 6.45) is 0.0513. The number of nitrogens with zero attached hydrogens (tertiary/aromatic N) is 1. The molecular weight excluding hydrogens is 526 g/mol. The first-order chi connectivity index (χ1) is 18.7. The highest BCUT2D eigenvalue weighted by molar-refractivity contribution is 6.51. The van der Waals surface area contributed by atoms with Crippen molar-refractivity contribution in [2.45, 2.75) is 12.5 Å². The summed E-state index contributed by atoms with van der Waals surface area (Å²) in [6, 6.07) is 15.3. The summed E-state index contributed by atoms with van der Waals surface area (Å²) >= 11 is 6.23. The van der Waals surface area contributed by atoms with Gasteiger partial charge in [0.2, 0.25) is 0 Å². The largest absolute Gasteiger partial charge is 0.507 e. The zero-order valence-electron chi connectivity index (χ0n) is 21.7. The van der Waals surface area contributed by atoms with Gasteiger partial charge in [0.15, 0.2) is 0 Å². The van der Waals surface area contributed by atoms with Crippen LogP contribution in [0.1, 0.15) is 22.7 Å². The lowest BCUT2D eigenvalue weighted by molar-refractivity contribution is -0.139. The summed E-state index contributed by atoms with van der Waals surface area (Å²) in [5.41, 5.74) is 1.60. The van der Waals surface area contributed by atoms with Crippen LogP contribution < -0.4 is 19.1 Å². The quantitative estimate of drug-likeness (QED) is 0.185. The zero-order chi connectivity index (χ0) is 28.3. The molecule has 9 nitrogen and oxygen atoms in total. The molecule has 10 heteroatoms. The van der Waals surface area contributed by atoms with Crippen LogP contribution in [0.15, 0.2) is 66.2 Å². The Bertz CT molecular complexity index is 1450. The van der Waals surface area contributed by atoms with Crippen molar-refractivity contribution in [3.8, 4) is 17.2 Å². The lowest BCUT2D eigenvalue weighted by Crippen LogP contribution is -2.29. The van der Waals surface area contributed by atoms with Crippen LogP contribution in [0.25, 0.3) is 5.76 Å². The molecule has 0 aromatic heterocycles. The Kier molecular flexibility index (Phi) is 8.11. The third-order valence-electron chi connectivity index (χ3n) is 6.40. The van der Waals surface area contributed by atoms with E-state index < -0.39 is 29.5 Å². The number of hydrogen-bond acceptors (Lipinski definition) is 8. The molecule has 4 rings (SSSR count). The fourth-order valence-corrected chi connectivity index (χ4v) is 4.64. The fraction of sp³-hybridized carbons (Fsp3) is 0.207. The maximum Gasteiger partial charge on any atom is 0.309 e. The number of aliphatic hydroxyl groups is 1. The van der Waals surface area contributed by atoms with Gasteiger partial charge in [-0.15, -0.1) is 0 Å². The second-order valence-corrected chi connectivity index (χ2v) is 8.96. The summed E-state index contributed by atoms with van der Waals surface area (Å²) in [4.78, 5) is 39.9. The summed E-state index contributed by atoms with van der Waals surface area (Å²) in [7, 11) is 5.63. The molecule has 1 amide bonds. The first-order valence-electron chi connectivity index (χ1n) is 11.8. The van der Waals surface area contributed by atoms with Crippen molar-refractivity contribution < 1.29 is 38.4 Å². The van der Waals surface area contributed by atoms with Gasteiger partial charge in [-0.1, -0.05) is 35.9 Å². The number of carbonyl (C=O) groups excluding carboxylic acids is 3. The number of methoxy groups -OCH3 is 4. The average Bonchev–Trinajstić information content (AvgIpc) is 3.22. The number of esters is 1. The van der Waals surface area contributed by atoms with E-state index in [0.29, 0.717) is 22.6 Å². The number of aliphatic hydroxyl groups excluding tert-OH is 1. The number of Topliss-reactive ketones (excluding diaryl/α,β-unsaturated/α-hetero) is 1. The zero-order valence-corrected chi connectivity index (χ0v) is 22.4. The Labute approximate surface area is 230 Å². The van der Waals surface area contributed by atoms with Crippen LogP contribution >= 0.6 is 11.6 Å². The minimum Gasteiger partial charge on any atom is -0.507 e. The van der Waals surface area contributed by atoms with Crippen LogP contribution in [0.3, 0.4) is 0 Å².